The third-order valence-corrected chi connectivity index (χ3v) is 3.33. The molecule has 96 valence electrons. The van der Waals surface area contributed by atoms with E-state index in [1.807, 2.05) is 12.1 Å². The molecule has 2 rings (SSSR count). The lowest BCUT2D eigenvalue weighted by Gasteiger charge is -2.22. The summed E-state index contributed by atoms with van der Waals surface area (Å²) in [5, 5.41) is 18.0. The van der Waals surface area contributed by atoms with Crippen LogP contribution in [0.2, 0.25) is 0 Å². The molecule has 0 bridgehead atoms. The standard InChI is InChI=1S/C15H19NO2/c17-9-3-6-13-4-1-5-14(10-13)11-16-8-2-7-15(16)12-18/h1,4-5,10,15,17-18H,2,7-9,11-12H2. The monoisotopic (exact) mass is 245 g/mol. The first-order chi connectivity index (χ1) is 8.83. The summed E-state index contributed by atoms with van der Waals surface area (Å²) in [5.41, 5.74) is 2.14. The van der Waals surface area contributed by atoms with Crippen molar-refractivity contribution in [2.45, 2.75) is 25.4 Å². The van der Waals surface area contributed by atoms with E-state index in [9.17, 15) is 5.11 Å². The maximum atomic E-state index is 9.29. The zero-order valence-corrected chi connectivity index (χ0v) is 10.5. The first kappa shape index (κ1) is 13.1. The normalized spacial score (nSPS) is 19.6. The molecule has 0 radical (unpaired) electrons. The van der Waals surface area contributed by atoms with Crippen molar-refractivity contribution < 1.29 is 10.2 Å². The summed E-state index contributed by atoms with van der Waals surface area (Å²) in [6.07, 6.45) is 2.25. The van der Waals surface area contributed by atoms with Gasteiger partial charge in [0.05, 0.1) is 6.61 Å². The predicted octanol–water partition coefficient (Wildman–Crippen LogP) is 0.987. The summed E-state index contributed by atoms with van der Waals surface area (Å²) in [6, 6.07) is 8.37. The van der Waals surface area contributed by atoms with Crippen LogP contribution in [0.1, 0.15) is 24.0 Å². The third-order valence-electron chi connectivity index (χ3n) is 3.33. The molecule has 0 spiro atoms. The van der Waals surface area contributed by atoms with Crippen molar-refractivity contribution in [2.75, 3.05) is 19.8 Å². The van der Waals surface area contributed by atoms with Crippen LogP contribution in [0, 0.1) is 11.8 Å². The maximum absolute atomic E-state index is 9.29. The number of nitrogens with zero attached hydrogens (tertiary/aromatic N) is 1. The first-order valence-corrected chi connectivity index (χ1v) is 6.37. The smallest absolute Gasteiger partial charge is 0.104 e. The molecule has 3 nitrogen and oxygen atoms in total. The van der Waals surface area contributed by atoms with Crippen LogP contribution in [-0.4, -0.2) is 40.9 Å². The van der Waals surface area contributed by atoms with Crippen LogP contribution in [-0.2, 0) is 6.54 Å². The number of aliphatic hydroxyl groups is 2. The lowest BCUT2D eigenvalue weighted by atomic mass is 10.1. The summed E-state index contributed by atoms with van der Waals surface area (Å²) in [7, 11) is 0. The van der Waals surface area contributed by atoms with Gasteiger partial charge in [0.15, 0.2) is 0 Å². The fraction of sp³-hybridized carbons (Fsp3) is 0.467. The van der Waals surface area contributed by atoms with Crippen molar-refractivity contribution in [2.24, 2.45) is 0 Å². The Hall–Kier alpha value is -1.34. The van der Waals surface area contributed by atoms with Crippen LogP contribution in [0.5, 0.6) is 0 Å². The van der Waals surface area contributed by atoms with Gasteiger partial charge in [0, 0.05) is 18.2 Å². The Labute approximate surface area is 108 Å². The SMILES string of the molecule is OCC#Cc1cccc(CN2CCCC2CO)c1. The van der Waals surface area contributed by atoms with Crippen LogP contribution in [0.4, 0.5) is 0 Å². The van der Waals surface area contributed by atoms with Crippen LogP contribution < -0.4 is 0 Å². The average molecular weight is 245 g/mol. The van der Waals surface area contributed by atoms with Crippen molar-refractivity contribution in [3.8, 4) is 11.8 Å². The van der Waals surface area contributed by atoms with E-state index in [0.29, 0.717) is 6.04 Å². The highest BCUT2D eigenvalue weighted by atomic mass is 16.3. The molecule has 0 aliphatic carbocycles. The Balaban J connectivity index is 2.05. The number of rotatable bonds is 3. The molecule has 0 amide bonds. The minimum absolute atomic E-state index is 0.108. The molecule has 0 aromatic heterocycles. The minimum Gasteiger partial charge on any atom is -0.395 e. The Bertz CT molecular complexity index is 447. The molecule has 1 aliphatic heterocycles. The Kier molecular flexibility index (Phi) is 4.77. The van der Waals surface area contributed by atoms with Gasteiger partial charge in [-0.3, -0.25) is 4.90 Å². The van der Waals surface area contributed by atoms with Crippen LogP contribution >= 0.6 is 0 Å². The van der Waals surface area contributed by atoms with Crippen molar-refractivity contribution in [1.29, 1.82) is 0 Å². The number of benzene rings is 1. The molecule has 0 saturated carbocycles. The lowest BCUT2D eigenvalue weighted by molar-refractivity contribution is 0.153. The molecule has 1 fully saturated rings. The molecule has 1 atom stereocenters. The Morgan fingerprint density at radius 3 is 3.00 bits per heavy atom. The summed E-state index contributed by atoms with van der Waals surface area (Å²) >= 11 is 0. The van der Waals surface area contributed by atoms with Gasteiger partial charge in [-0.2, -0.15) is 0 Å². The predicted molar refractivity (Wildman–Crippen MR) is 70.9 cm³/mol. The van der Waals surface area contributed by atoms with Gasteiger partial charge >= 0.3 is 0 Å². The second-order valence-electron chi connectivity index (χ2n) is 4.61. The van der Waals surface area contributed by atoms with Gasteiger partial charge in [-0.1, -0.05) is 24.0 Å². The molecule has 3 heteroatoms. The zero-order valence-electron chi connectivity index (χ0n) is 10.5. The topological polar surface area (TPSA) is 43.7 Å². The quantitative estimate of drug-likeness (QED) is 0.780. The molecule has 1 saturated heterocycles. The second kappa shape index (κ2) is 6.55. The summed E-state index contributed by atoms with van der Waals surface area (Å²) < 4.78 is 0. The number of likely N-dealkylation sites (tertiary alicyclic amines) is 1. The highest BCUT2D eigenvalue weighted by Gasteiger charge is 2.23. The average Bonchev–Trinajstić information content (AvgIpc) is 2.84. The lowest BCUT2D eigenvalue weighted by Crippen LogP contribution is -2.31. The maximum Gasteiger partial charge on any atom is 0.104 e. The van der Waals surface area contributed by atoms with E-state index in [1.54, 1.807) is 0 Å². The van der Waals surface area contributed by atoms with E-state index in [0.717, 1.165) is 31.5 Å². The number of aliphatic hydroxyl groups excluding tert-OH is 2. The van der Waals surface area contributed by atoms with Crippen molar-refractivity contribution in [1.82, 2.24) is 4.90 Å². The van der Waals surface area contributed by atoms with E-state index in [2.05, 4.69) is 28.9 Å². The number of hydrogen-bond acceptors (Lipinski definition) is 3. The third kappa shape index (κ3) is 3.33. The van der Waals surface area contributed by atoms with Gasteiger partial charge in [0.1, 0.15) is 6.61 Å². The van der Waals surface area contributed by atoms with Gasteiger partial charge in [0.2, 0.25) is 0 Å². The van der Waals surface area contributed by atoms with E-state index >= 15 is 0 Å². The molecule has 2 N–H and O–H groups in total. The molecule has 1 aromatic rings. The van der Waals surface area contributed by atoms with Crippen molar-refractivity contribution >= 4 is 0 Å². The fourth-order valence-corrected chi connectivity index (χ4v) is 2.43. The molecule has 1 heterocycles. The number of hydrogen-bond donors (Lipinski definition) is 2. The van der Waals surface area contributed by atoms with Crippen molar-refractivity contribution in [3.05, 3.63) is 35.4 Å². The van der Waals surface area contributed by atoms with Gasteiger partial charge in [-0.25, -0.2) is 0 Å². The molecular weight excluding hydrogens is 226 g/mol. The summed E-state index contributed by atoms with van der Waals surface area (Å²) in [6.45, 7) is 2.05. The molecule has 1 aliphatic rings. The van der Waals surface area contributed by atoms with E-state index in [4.69, 9.17) is 5.11 Å². The van der Waals surface area contributed by atoms with Gasteiger partial charge in [-0.05, 0) is 37.1 Å². The minimum atomic E-state index is -0.108. The Morgan fingerprint density at radius 1 is 1.33 bits per heavy atom. The zero-order chi connectivity index (χ0) is 12.8. The highest BCUT2D eigenvalue weighted by molar-refractivity contribution is 5.37. The molecule has 1 aromatic carbocycles. The second-order valence-corrected chi connectivity index (χ2v) is 4.61. The van der Waals surface area contributed by atoms with Crippen LogP contribution in [0.3, 0.4) is 0 Å². The largest absolute Gasteiger partial charge is 0.395 e. The van der Waals surface area contributed by atoms with Crippen LogP contribution in [0.15, 0.2) is 24.3 Å². The van der Waals surface area contributed by atoms with E-state index in [1.165, 1.54) is 5.56 Å². The van der Waals surface area contributed by atoms with Crippen LogP contribution in [0.25, 0.3) is 0 Å². The van der Waals surface area contributed by atoms with Crippen molar-refractivity contribution in [3.63, 3.8) is 0 Å². The molecular formula is C15H19NO2. The van der Waals surface area contributed by atoms with Gasteiger partial charge in [0.25, 0.3) is 0 Å². The summed E-state index contributed by atoms with van der Waals surface area (Å²) in [5.74, 6) is 5.57. The van der Waals surface area contributed by atoms with E-state index in [-0.39, 0.29) is 13.2 Å². The Morgan fingerprint density at radius 2 is 2.22 bits per heavy atom. The highest BCUT2D eigenvalue weighted by Crippen LogP contribution is 2.19. The fourth-order valence-electron chi connectivity index (χ4n) is 2.43. The molecule has 1 unspecified atom stereocenters. The first-order valence-electron chi connectivity index (χ1n) is 6.37. The van der Waals surface area contributed by atoms with E-state index < -0.39 is 0 Å². The van der Waals surface area contributed by atoms with Gasteiger partial charge < -0.3 is 10.2 Å². The summed E-state index contributed by atoms with van der Waals surface area (Å²) in [4.78, 5) is 2.32. The molecule has 18 heavy (non-hydrogen) atoms. The van der Waals surface area contributed by atoms with Gasteiger partial charge in [-0.15, -0.1) is 0 Å².